The third-order valence-electron chi connectivity index (χ3n) is 5.98. The lowest BCUT2D eigenvalue weighted by molar-refractivity contribution is 0.0158. The number of thioether (sulfide) groups is 1. The number of hydrogen-bond acceptors (Lipinski definition) is 6. The molecule has 1 aliphatic carbocycles. The van der Waals surface area contributed by atoms with E-state index in [1.54, 1.807) is 18.1 Å². The van der Waals surface area contributed by atoms with Gasteiger partial charge in [0.15, 0.2) is 5.17 Å². The van der Waals surface area contributed by atoms with Crippen molar-refractivity contribution in [3.63, 3.8) is 0 Å². The zero-order chi connectivity index (χ0) is 17.6. The molecule has 26 heavy (non-hydrogen) atoms. The van der Waals surface area contributed by atoms with Crippen molar-refractivity contribution in [2.45, 2.75) is 43.7 Å². The number of nitrogens with zero attached hydrogens (tertiary/aromatic N) is 3. The number of amidine groups is 1. The van der Waals surface area contributed by atoms with Gasteiger partial charge in [0.25, 0.3) is 0 Å². The van der Waals surface area contributed by atoms with Crippen molar-refractivity contribution in [2.75, 3.05) is 5.75 Å². The summed E-state index contributed by atoms with van der Waals surface area (Å²) in [7, 11) is 0. The number of hydrogen-bond donors (Lipinski definition) is 1. The van der Waals surface area contributed by atoms with E-state index in [4.69, 9.17) is 15.5 Å². The Morgan fingerprint density at radius 1 is 1.12 bits per heavy atom. The first kappa shape index (κ1) is 16.1. The Bertz CT molecular complexity index is 856. The van der Waals surface area contributed by atoms with Crippen molar-refractivity contribution in [2.24, 2.45) is 16.6 Å². The summed E-state index contributed by atoms with van der Waals surface area (Å²) < 4.78 is 6.44. The summed E-state index contributed by atoms with van der Waals surface area (Å²) in [5.41, 5.74) is 9.27. The molecule has 2 N–H and O–H groups in total. The second kappa shape index (κ2) is 6.27. The molecule has 134 valence electrons. The second-order valence-electron chi connectivity index (χ2n) is 7.36. The van der Waals surface area contributed by atoms with Crippen LogP contribution < -0.4 is 10.5 Å². The highest BCUT2D eigenvalue weighted by atomic mass is 32.2. The fourth-order valence-electron chi connectivity index (χ4n) is 4.81. The van der Waals surface area contributed by atoms with Crippen molar-refractivity contribution in [3.8, 4) is 16.9 Å². The minimum absolute atomic E-state index is 0.250. The Morgan fingerprint density at radius 3 is 2.81 bits per heavy atom. The van der Waals surface area contributed by atoms with Gasteiger partial charge in [0, 0.05) is 35.2 Å². The van der Waals surface area contributed by atoms with E-state index >= 15 is 0 Å². The van der Waals surface area contributed by atoms with Crippen LogP contribution in [-0.4, -0.2) is 27.0 Å². The van der Waals surface area contributed by atoms with Gasteiger partial charge in [-0.3, -0.25) is 4.99 Å². The van der Waals surface area contributed by atoms with E-state index in [-0.39, 0.29) is 11.6 Å². The maximum Gasteiger partial charge on any atom is 0.154 e. The summed E-state index contributed by atoms with van der Waals surface area (Å²) in [6.45, 7) is 0. The van der Waals surface area contributed by atoms with Crippen LogP contribution in [0.5, 0.6) is 5.75 Å². The van der Waals surface area contributed by atoms with E-state index in [9.17, 15) is 0 Å². The van der Waals surface area contributed by atoms with Gasteiger partial charge < -0.3 is 10.5 Å². The maximum absolute atomic E-state index is 6.44. The van der Waals surface area contributed by atoms with Gasteiger partial charge in [-0.1, -0.05) is 24.2 Å². The molecular formula is C20H22N4OS. The third-order valence-corrected chi connectivity index (χ3v) is 6.77. The average molecular weight is 366 g/mol. The molecule has 0 bridgehead atoms. The zero-order valence-corrected chi connectivity index (χ0v) is 15.4. The molecule has 5 nitrogen and oxygen atoms in total. The van der Waals surface area contributed by atoms with Crippen LogP contribution in [0.2, 0.25) is 0 Å². The SMILES string of the molecule is NC1=NC2(CCS1)c1cc(-c3cncnc3)ccc1O[C@@H]1CCCC[C@@H]12. The van der Waals surface area contributed by atoms with Crippen LogP contribution in [0.15, 0.2) is 41.9 Å². The predicted octanol–water partition coefficient (Wildman–Crippen LogP) is 3.74. The first-order valence-corrected chi connectivity index (χ1v) is 10.3. The van der Waals surface area contributed by atoms with Gasteiger partial charge in [-0.2, -0.15) is 0 Å². The minimum atomic E-state index is -0.250. The largest absolute Gasteiger partial charge is 0.490 e. The summed E-state index contributed by atoms with van der Waals surface area (Å²) >= 11 is 1.67. The molecule has 2 aromatic rings. The first-order valence-electron chi connectivity index (χ1n) is 9.31. The van der Waals surface area contributed by atoms with Gasteiger partial charge in [-0.15, -0.1) is 0 Å². The molecule has 1 fully saturated rings. The van der Waals surface area contributed by atoms with Crippen LogP contribution in [0.4, 0.5) is 0 Å². The number of aromatic nitrogens is 2. The first-order chi connectivity index (χ1) is 12.8. The molecule has 0 saturated heterocycles. The van der Waals surface area contributed by atoms with Crippen molar-refractivity contribution in [1.82, 2.24) is 9.97 Å². The lowest BCUT2D eigenvalue weighted by Crippen LogP contribution is -2.50. The van der Waals surface area contributed by atoms with Crippen LogP contribution in [0, 0.1) is 5.92 Å². The van der Waals surface area contributed by atoms with Gasteiger partial charge in [-0.25, -0.2) is 9.97 Å². The quantitative estimate of drug-likeness (QED) is 0.832. The maximum atomic E-state index is 6.44. The molecule has 2 aliphatic heterocycles. The van der Waals surface area contributed by atoms with E-state index in [1.165, 1.54) is 18.4 Å². The Kier molecular flexibility index (Phi) is 3.89. The van der Waals surface area contributed by atoms with Crippen molar-refractivity contribution in [1.29, 1.82) is 0 Å². The average Bonchev–Trinajstić information content (AvgIpc) is 2.69. The van der Waals surface area contributed by atoms with Crippen LogP contribution in [0.3, 0.4) is 0 Å². The Labute approximate surface area is 157 Å². The fourth-order valence-corrected chi connectivity index (χ4v) is 5.65. The highest BCUT2D eigenvalue weighted by Gasteiger charge is 2.51. The number of rotatable bonds is 1. The second-order valence-corrected chi connectivity index (χ2v) is 8.47. The smallest absolute Gasteiger partial charge is 0.154 e. The lowest BCUT2D eigenvalue weighted by atomic mass is 9.66. The lowest BCUT2D eigenvalue weighted by Gasteiger charge is -2.50. The monoisotopic (exact) mass is 366 g/mol. The Morgan fingerprint density at radius 2 is 1.96 bits per heavy atom. The molecule has 6 heteroatoms. The van der Waals surface area contributed by atoms with Crippen LogP contribution in [-0.2, 0) is 5.54 Å². The van der Waals surface area contributed by atoms with Crippen molar-refractivity contribution >= 4 is 16.9 Å². The van der Waals surface area contributed by atoms with Crippen molar-refractivity contribution < 1.29 is 4.74 Å². The predicted molar refractivity (Wildman–Crippen MR) is 104 cm³/mol. The molecule has 1 aromatic heterocycles. The number of nitrogens with two attached hydrogens (primary N) is 1. The topological polar surface area (TPSA) is 73.4 Å². The Balaban J connectivity index is 1.69. The normalized spacial score (nSPS) is 30.1. The molecule has 1 aromatic carbocycles. The minimum Gasteiger partial charge on any atom is -0.490 e. The highest BCUT2D eigenvalue weighted by molar-refractivity contribution is 8.13. The Hall–Kier alpha value is -2.08. The van der Waals surface area contributed by atoms with Gasteiger partial charge in [0.2, 0.25) is 0 Å². The summed E-state index contributed by atoms with van der Waals surface area (Å²) in [4.78, 5) is 13.4. The molecule has 0 radical (unpaired) electrons. The molecule has 5 rings (SSSR count). The molecule has 3 atom stereocenters. The van der Waals surface area contributed by atoms with Crippen molar-refractivity contribution in [3.05, 3.63) is 42.5 Å². The number of aliphatic imine (C=N–C) groups is 1. The van der Waals surface area contributed by atoms with E-state index in [0.29, 0.717) is 11.1 Å². The summed E-state index contributed by atoms with van der Waals surface area (Å²) in [6, 6.07) is 6.42. The molecular weight excluding hydrogens is 344 g/mol. The summed E-state index contributed by atoms with van der Waals surface area (Å²) in [5, 5.41) is 0.710. The molecule has 3 aliphatic rings. The molecule has 0 amide bonds. The fraction of sp³-hybridized carbons (Fsp3) is 0.450. The van der Waals surface area contributed by atoms with E-state index < -0.39 is 0 Å². The van der Waals surface area contributed by atoms with Gasteiger partial charge >= 0.3 is 0 Å². The third kappa shape index (κ3) is 2.50. The summed E-state index contributed by atoms with van der Waals surface area (Å²) in [6.07, 6.45) is 11.3. The van der Waals surface area contributed by atoms with Gasteiger partial charge in [-0.05, 0) is 43.4 Å². The molecule has 1 unspecified atom stereocenters. The van der Waals surface area contributed by atoms with Gasteiger partial charge in [0.05, 0.1) is 5.54 Å². The van der Waals surface area contributed by atoms with Crippen LogP contribution in [0.25, 0.3) is 11.1 Å². The van der Waals surface area contributed by atoms with Gasteiger partial charge in [0.1, 0.15) is 18.2 Å². The molecule has 3 heterocycles. The number of ether oxygens (including phenoxy) is 1. The van der Waals surface area contributed by atoms with Crippen LogP contribution in [0.1, 0.15) is 37.7 Å². The zero-order valence-electron chi connectivity index (χ0n) is 14.6. The number of benzene rings is 1. The molecule has 1 saturated carbocycles. The van der Waals surface area contributed by atoms with E-state index in [1.807, 2.05) is 12.4 Å². The van der Waals surface area contributed by atoms with Crippen LogP contribution >= 0.6 is 11.8 Å². The number of fused-ring (bicyclic) bond motifs is 4. The highest BCUT2D eigenvalue weighted by Crippen LogP contribution is 2.54. The summed E-state index contributed by atoms with van der Waals surface area (Å²) in [5.74, 6) is 2.39. The van der Waals surface area contributed by atoms with E-state index in [2.05, 4.69) is 28.2 Å². The standard InChI is InChI=1S/C20H22N4OS/c21-19-24-20(7-8-26-19)15-3-1-2-4-17(15)25-18-6-5-13(9-16(18)20)14-10-22-12-23-11-14/h5-6,9-12,15,17H,1-4,7-8H2,(H2,21,24)/t15-,17+,20?/m0/s1. The molecule has 1 spiro atoms. The van der Waals surface area contributed by atoms with E-state index in [0.717, 1.165) is 41.9 Å².